The van der Waals surface area contributed by atoms with Gasteiger partial charge in [0, 0.05) is 13.1 Å². The van der Waals surface area contributed by atoms with E-state index in [0.717, 1.165) is 12.0 Å². The largest absolute Gasteiger partial charge is 0.370 e. The van der Waals surface area contributed by atoms with Crippen molar-refractivity contribution in [1.82, 2.24) is 10.2 Å². The highest BCUT2D eigenvalue weighted by molar-refractivity contribution is 5.90. The highest BCUT2D eigenvalue weighted by Gasteiger charge is 2.36. The summed E-state index contributed by atoms with van der Waals surface area (Å²) in [5, 5.41) is 12.0. The molecule has 1 heterocycles. The van der Waals surface area contributed by atoms with Crippen molar-refractivity contribution in [3.8, 4) is 6.07 Å². The van der Waals surface area contributed by atoms with Gasteiger partial charge in [0.2, 0.25) is 11.8 Å². The van der Waals surface area contributed by atoms with E-state index in [0.29, 0.717) is 38.8 Å². The molecule has 0 aromatic heterocycles. The number of hydrogen-bond acceptors (Lipinski definition) is 5. The third kappa shape index (κ3) is 6.76. The van der Waals surface area contributed by atoms with Gasteiger partial charge < -0.3 is 27.4 Å². The monoisotopic (exact) mass is 399 g/mol. The van der Waals surface area contributed by atoms with Crippen molar-refractivity contribution in [2.45, 2.75) is 50.2 Å². The summed E-state index contributed by atoms with van der Waals surface area (Å²) in [4.78, 5) is 30.9. The summed E-state index contributed by atoms with van der Waals surface area (Å²) < 4.78 is 0. The van der Waals surface area contributed by atoms with Crippen LogP contribution in [0.15, 0.2) is 35.3 Å². The van der Waals surface area contributed by atoms with Gasteiger partial charge in [0.1, 0.15) is 12.1 Å². The van der Waals surface area contributed by atoms with E-state index in [1.54, 1.807) is 0 Å². The fourth-order valence-electron chi connectivity index (χ4n) is 3.41. The second kappa shape index (κ2) is 11.0. The van der Waals surface area contributed by atoms with Crippen molar-refractivity contribution in [3.05, 3.63) is 35.9 Å². The number of nitrogens with two attached hydrogens (primary N) is 3. The first-order valence-corrected chi connectivity index (χ1v) is 9.77. The summed E-state index contributed by atoms with van der Waals surface area (Å²) in [6.45, 7) is 0.875. The molecule has 1 aliphatic heterocycles. The van der Waals surface area contributed by atoms with Crippen LogP contribution >= 0.6 is 0 Å². The van der Waals surface area contributed by atoms with Crippen LogP contribution in [-0.4, -0.2) is 53.9 Å². The molecule has 0 radical (unpaired) electrons. The molecule has 0 aliphatic carbocycles. The number of likely N-dealkylation sites (tertiary alicyclic amines) is 1. The first-order chi connectivity index (χ1) is 13.9. The van der Waals surface area contributed by atoms with Gasteiger partial charge in [-0.2, -0.15) is 5.26 Å². The predicted octanol–water partition coefficient (Wildman–Crippen LogP) is -0.391. The molecular weight excluding hydrogens is 370 g/mol. The Labute approximate surface area is 170 Å². The van der Waals surface area contributed by atoms with Gasteiger partial charge >= 0.3 is 0 Å². The molecule has 0 bridgehead atoms. The molecule has 9 heteroatoms. The lowest BCUT2D eigenvalue weighted by molar-refractivity contribution is -0.139. The van der Waals surface area contributed by atoms with E-state index in [9.17, 15) is 14.9 Å². The van der Waals surface area contributed by atoms with Crippen LogP contribution in [0.5, 0.6) is 0 Å². The number of nitrogens with one attached hydrogen (secondary N) is 1. The molecule has 29 heavy (non-hydrogen) atoms. The smallest absolute Gasteiger partial charge is 0.243 e. The molecule has 1 aromatic carbocycles. The number of aliphatic imine (C=N–C) groups is 1. The average molecular weight is 399 g/mol. The molecule has 0 saturated carbocycles. The number of nitrogens with zero attached hydrogens (tertiary/aromatic N) is 3. The fourth-order valence-corrected chi connectivity index (χ4v) is 3.41. The summed E-state index contributed by atoms with van der Waals surface area (Å²) in [6.07, 6.45) is 2.68. The lowest BCUT2D eigenvalue weighted by atomic mass is 10.0. The Bertz CT molecular complexity index is 756. The topological polar surface area (TPSA) is 164 Å². The van der Waals surface area contributed by atoms with Crippen molar-refractivity contribution in [2.24, 2.45) is 22.2 Å². The maximum atomic E-state index is 12.8. The van der Waals surface area contributed by atoms with Crippen LogP contribution in [0.2, 0.25) is 0 Å². The van der Waals surface area contributed by atoms with Crippen LogP contribution in [0.3, 0.4) is 0 Å². The Hall–Kier alpha value is -3.12. The van der Waals surface area contributed by atoms with Gasteiger partial charge in [-0.15, -0.1) is 0 Å². The van der Waals surface area contributed by atoms with Crippen LogP contribution in [0.25, 0.3) is 0 Å². The summed E-state index contributed by atoms with van der Waals surface area (Å²) in [5.41, 5.74) is 17.6. The second-order valence-corrected chi connectivity index (χ2v) is 7.12. The van der Waals surface area contributed by atoms with Gasteiger partial charge in [0.15, 0.2) is 5.96 Å². The molecule has 3 atom stereocenters. The van der Waals surface area contributed by atoms with Gasteiger partial charge in [-0.05, 0) is 37.7 Å². The Balaban J connectivity index is 1.90. The van der Waals surface area contributed by atoms with E-state index in [2.05, 4.69) is 16.4 Å². The lowest BCUT2D eigenvalue weighted by Gasteiger charge is -2.27. The zero-order chi connectivity index (χ0) is 21.2. The van der Waals surface area contributed by atoms with Crippen molar-refractivity contribution in [3.63, 3.8) is 0 Å². The van der Waals surface area contributed by atoms with Crippen LogP contribution < -0.4 is 22.5 Å². The number of guanidine groups is 1. The zero-order valence-electron chi connectivity index (χ0n) is 16.5. The van der Waals surface area contributed by atoms with Crippen LogP contribution in [-0.2, 0) is 16.0 Å². The third-order valence-electron chi connectivity index (χ3n) is 4.87. The van der Waals surface area contributed by atoms with E-state index in [1.807, 2.05) is 30.3 Å². The molecule has 9 nitrogen and oxygen atoms in total. The zero-order valence-corrected chi connectivity index (χ0v) is 16.5. The lowest BCUT2D eigenvalue weighted by Crippen LogP contribution is -2.53. The molecule has 7 N–H and O–H groups in total. The first-order valence-electron chi connectivity index (χ1n) is 9.77. The first kappa shape index (κ1) is 22.2. The Kier molecular flexibility index (Phi) is 8.43. The second-order valence-electron chi connectivity index (χ2n) is 7.12. The predicted molar refractivity (Wildman–Crippen MR) is 110 cm³/mol. The number of carbonyl (C=O) groups is 2. The van der Waals surface area contributed by atoms with Crippen LogP contribution in [0.1, 0.15) is 31.2 Å². The Morgan fingerprint density at radius 2 is 2.03 bits per heavy atom. The fraction of sp³-hybridized carbons (Fsp3) is 0.500. The number of rotatable bonds is 9. The molecular formula is C20H29N7O2. The summed E-state index contributed by atoms with van der Waals surface area (Å²) in [7, 11) is 0. The van der Waals surface area contributed by atoms with Gasteiger partial charge in [-0.25, -0.2) is 0 Å². The van der Waals surface area contributed by atoms with E-state index in [-0.39, 0.29) is 17.8 Å². The molecule has 156 valence electrons. The van der Waals surface area contributed by atoms with E-state index in [1.165, 1.54) is 4.90 Å². The molecule has 0 unspecified atom stereocenters. The SMILES string of the molecule is N#C[C@H](CCCN=C(N)N)NC(=O)[C@@H]1CCCN1C(=O)[C@H](N)Cc1ccccc1. The van der Waals surface area contributed by atoms with E-state index < -0.39 is 18.1 Å². The van der Waals surface area contributed by atoms with Gasteiger partial charge in [0.05, 0.1) is 12.1 Å². The molecule has 2 rings (SSSR count). The van der Waals surface area contributed by atoms with Crippen molar-refractivity contribution in [2.75, 3.05) is 13.1 Å². The maximum Gasteiger partial charge on any atom is 0.243 e. The number of nitriles is 1. The van der Waals surface area contributed by atoms with E-state index in [4.69, 9.17) is 17.2 Å². The van der Waals surface area contributed by atoms with E-state index >= 15 is 0 Å². The van der Waals surface area contributed by atoms with Gasteiger partial charge in [-0.3, -0.25) is 14.6 Å². The number of amides is 2. The third-order valence-corrected chi connectivity index (χ3v) is 4.87. The standard InChI is InChI=1S/C20H29N7O2/c21-13-15(8-4-10-25-20(23)24)26-18(28)17-9-5-11-27(17)19(29)16(22)12-14-6-2-1-3-7-14/h1-3,6-7,15-17H,4-5,8-12,22H2,(H,26,28)(H4,23,24,25)/t15-,16+,17-/m0/s1. The van der Waals surface area contributed by atoms with Crippen LogP contribution in [0.4, 0.5) is 0 Å². The van der Waals surface area contributed by atoms with Crippen LogP contribution in [0, 0.1) is 11.3 Å². The van der Waals surface area contributed by atoms with Crippen molar-refractivity contribution < 1.29 is 9.59 Å². The summed E-state index contributed by atoms with van der Waals surface area (Å²) >= 11 is 0. The normalized spacial score (nSPS) is 17.8. The minimum Gasteiger partial charge on any atom is -0.370 e. The Morgan fingerprint density at radius 3 is 2.69 bits per heavy atom. The minimum atomic E-state index is -0.711. The molecule has 2 amide bonds. The maximum absolute atomic E-state index is 12.8. The quantitative estimate of drug-likeness (QED) is 0.251. The molecule has 1 saturated heterocycles. The van der Waals surface area contributed by atoms with Gasteiger partial charge in [-0.1, -0.05) is 30.3 Å². The molecule has 0 spiro atoms. The molecule has 1 aliphatic rings. The number of benzene rings is 1. The van der Waals surface area contributed by atoms with Gasteiger partial charge in [0.25, 0.3) is 0 Å². The minimum absolute atomic E-state index is 0.00510. The molecule has 1 aromatic rings. The molecule has 1 fully saturated rings. The Morgan fingerprint density at radius 1 is 1.31 bits per heavy atom. The highest BCUT2D eigenvalue weighted by Crippen LogP contribution is 2.19. The highest BCUT2D eigenvalue weighted by atomic mass is 16.2. The summed E-state index contributed by atoms with van der Waals surface area (Å²) in [6, 6.07) is 9.64. The number of carbonyl (C=O) groups excluding carboxylic acids is 2. The average Bonchev–Trinajstić information content (AvgIpc) is 3.20. The number of hydrogen-bond donors (Lipinski definition) is 4. The van der Waals surface area contributed by atoms with Crippen molar-refractivity contribution >= 4 is 17.8 Å². The summed E-state index contributed by atoms with van der Waals surface area (Å²) in [5.74, 6) is -0.571. The van der Waals surface area contributed by atoms with Crippen molar-refractivity contribution in [1.29, 1.82) is 5.26 Å².